The van der Waals surface area contributed by atoms with Crippen LogP contribution in [0, 0.1) is 6.92 Å². The van der Waals surface area contributed by atoms with Gasteiger partial charge in [-0.2, -0.15) is 0 Å². The van der Waals surface area contributed by atoms with Gasteiger partial charge in [-0.1, -0.05) is 0 Å². The van der Waals surface area contributed by atoms with Crippen molar-refractivity contribution in [2.75, 3.05) is 14.2 Å². The predicted octanol–water partition coefficient (Wildman–Crippen LogP) is 0.963. The normalized spacial score (nSPS) is 16.4. The molecule has 0 radical (unpaired) electrons. The van der Waals surface area contributed by atoms with Gasteiger partial charge in [-0.15, -0.1) is 0 Å². The number of carbonyl (C=O) groups is 4. The Morgan fingerprint density at radius 3 is 2.48 bits per heavy atom. The Morgan fingerprint density at radius 1 is 1.24 bits per heavy atom. The standard InChI is InChI=1S/C17H21NO7/c1-10-12(8-16(21)24-3)11(4-6-14(19)23-2)9-18(10)17(22)13-5-7-15(20)25-13/h9,13H,4-8H2,1-3H3. The highest BCUT2D eigenvalue weighted by atomic mass is 16.6. The molecule has 1 aromatic rings. The SMILES string of the molecule is COC(=O)CCc1cn(C(=O)C2CCC(=O)O2)c(C)c1CC(=O)OC. The smallest absolute Gasteiger partial charge is 0.310 e. The van der Waals surface area contributed by atoms with Gasteiger partial charge in [-0.3, -0.25) is 23.7 Å². The number of nitrogens with zero attached hydrogens (tertiary/aromatic N) is 1. The summed E-state index contributed by atoms with van der Waals surface area (Å²) in [6, 6.07) is 0. The summed E-state index contributed by atoms with van der Waals surface area (Å²) in [7, 11) is 2.58. The predicted molar refractivity (Wildman–Crippen MR) is 85.0 cm³/mol. The van der Waals surface area contributed by atoms with Gasteiger partial charge in [0.2, 0.25) is 0 Å². The molecule has 0 amide bonds. The third kappa shape index (κ3) is 4.26. The van der Waals surface area contributed by atoms with E-state index in [9.17, 15) is 19.2 Å². The van der Waals surface area contributed by atoms with Gasteiger partial charge in [0.05, 0.1) is 20.6 Å². The van der Waals surface area contributed by atoms with Crippen LogP contribution in [0.2, 0.25) is 0 Å². The van der Waals surface area contributed by atoms with E-state index < -0.39 is 18.0 Å². The van der Waals surface area contributed by atoms with Crippen LogP contribution >= 0.6 is 0 Å². The molecule has 2 heterocycles. The second-order valence-electron chi connectivity index (χ2n) is 5.77. The fraction of sp³-hybridized carbons (Fsp3) is 0.529. The lowest BCUT2D eigenvalue weighted by atomic mass is 10.0. The van der Waals surface area contributed by atoms with Crippen molar-refractivity contribution < 1.29 is 33.4 Å². The van der Waals surface area contributed by atoms with Crippen LogP contribution < -0.4 is 0 Å². The van der Waals surface area contributed by atoms with Crippen molar-refractivity contribution in [2.45, 2.75) is 45.1 Å². The summed E-state index contributed by atoms with van der Waals surface area (Å²) < 4.78 is 15.7. The topological polar surface area (TPSA) is 101 Å². The Labute approximate surface area is 145 Å². The summed E-state index contributed by atoms with van der Waals surface area (Å²) in [5.74, 6) is -1.59. The van der Waals surface area contributed by atoms with Crippen molar-refractivity contribution in [3.8, 4) is 0 Å². The third-order valence-corrected chi connectivity index (χ3v) is 4.24. The minimum absolute atomic E-state index is 0.0103. The van der Waals surface area contributed by atoms with E-state index in [-0.39, 0.29) is 31.1 Å². The number of carbonyl (C=O) groups excluding carboxylic acids is 4. The van der Waals surface area contributed by atoms with Crippen LogP contribution in [-0.4, -0.2) is 48.7 Å². The fourth-order valence-corrected chi connectivity index (χ4v) is 2.80. The largest absolute Gasteiger partial charge is 0.469 e. The van der Waals surface area contributed by atoms with Crippen LogP contribution in [0.3, 0.4) is 0 Å². The Hall–Kier alpha value is -2.64. The van der Waals surface area contributed by atoms with Gasteiger partial charge in [0.1, 0.15) is 0 Å². The number of aryl methyl sites for hydroxylation is 1. The zero-order valence-electron chi connectivity index (χ0n) is 14.5. The molecule has 1 aliphatic heterocycles. The summed E-state index contributed by atoms with van der Waals surface area (Å²) in [5, 5.41) is 0. The minimum Gasteiger partial charge on any atom is -0.469 e. The molecule has 8 heteroatoms. The second-order valence-corrected chi connectivity index (χ2v) is 5.77. The Kier molecular flexibility index (Phi) is 5.95. The Morgan fingerprint density at radius 2 is 1.92 bits per heavy atom. The molecule has 1 saturated heterocycles. The number of cyclic esters (lactones) is 1. The summed E-state index contributed by atoms with van der Waals surface area (Å²) in [6.07, 6.45) is 1.75. The Bertz CT molecular complexity index is 704. The monoisotopic (exact) mass is 351 g/mol. The summed E-state index contributed by atoms with van der Waals surface area (Å²) in [4.78, 5) is 46.9. The maximum Gasteiger partial charge on any atom is 0.310 e. The van der Waals surface area contributed by atoms with E-state index in [1.54, 1.807) is 13.1 Å². The highest BCUT2D eigenvalue weighted by Gasteiger charge is 2.32. The van der Waals surface area contributed by atoms with Crippen LogP contribution in [0.4, 0.5) is 0 Å². The molecule has 0 bridgehead atoms. The first kappa shape index (κ1) is 18.7. The zero-order valence-corrected chi connectivity index (χ0v) is 14.5. The number of rotatable bonds is 6. The van der Waals surface area contributed by atoms with Gasteiger partial charge >= 0.3 is 17.9 Å². The first-order valence-electron chi connectivity index (χ1n) is 7.94. The second kappa shape index (κ2) is 7.96. The average Bonchev–Trinajstić information content (AvgIpc) is 3.16. The van der Waals surface area contributed by atoms with Gasteiger partial charge in [0.15, 0.2) is 6.10 Å². The molecule has 0 N–H and O–H groups in total. The van der Waals surface area contributed by atoms with Gasteiger partial charge < -0.3 is 14.2 Å². The van der Waals surface area contributed by atoms with Crippen molar-refractivity contribution in [1.29, 1.82) is 0 Å². The van der Waals surface area contributed by atoms with Crippen LogP contribution in [0.25, 0.3) is 0 Å². The average molecular weight is 351 g/mol. The molecular weight excluding hydrogens is 330 g/mol. The summed E-state index contributed by atoms with van der Waals surface area (Å²) in [5.41, 5.74) is 1.89. The van der Waals surface area contributed by atoms with Gasteiger partial charge in [0, 0.05) is 31.2 Å². The van der Waals surface area contributed by atoms with Crippen molar-refractivity contribution in [1.82, 2.24) is 4.57 Å². The molecule has 1 fully saturated rings. The summed E-state index contributed by atoms with van der Waals surface area (Å²) in [6.45, 7) is 1.70. The lowest BCUT2D eigenvalue weighted by Gasteiger charge is -2.11. The quantitative estimate of drug-likeness (QED) is 0.556. The van der Waals surface area contributed by atoms with E-state index in [4.69, 9.17) is 9.47 Å². The number of aromatic nitrogens is 1. The molecule has 25 heavy (non-hydrogen) atoms. The van der Waals surface area contributed by atoms with E-state index in [0.29, 0.717) is 29.7 Å². The lowest BCUT2D eigenvalue weighted by molar-refractivity contribution is -0.141. The number of ether oxygens (including phenoxy) is 3. The van der Waals surface area contributed by atoms with E-state index >= 15 is 0 Å². The summed E-state index contributed by atoms with van der Waals surface area (Å²) >= 11 is 0. The molecule has 2 rings (SSSR count). The van der Waals surface area contributed by atoms with Gasteiger partial charge in [-0.25, -0.2) is 0 Å². The van der Waals surface area contributed by atoms with Crippen LogP contribution in [0.5, 0.6) is 0 Å². The van der Waals surface area contributed by atoms with Crippen LogP contribution in [0.1, 0.15) is 40.9 Å². The number of hydrogen-bond donors (Lipinski definition) is 0. The number of methoxy groups -OCH3 is 2. The molecular formula is C17H21NO7. The molecule has 1 aliphatic rings. The number of hydrogen-bond acceptors (Lipinski definition) is 7. The lowest BCUT2D eigenvalue weighted by Crippen LogP contribution is -2.27. The zero-order chi connectivity index (χ0) is 18.6. The van der Waals surface area contributed by atoms with Crippen molar-refractivity contribution >= 4 is 23.8 Å². The van der Waals surface area contributed by atoms with Crippen LogP contribution in [-0.2, 0) is 41.4 Å². The molecule has 0 aliphatic carbocycles. The highest BCUT2D eigenvalue weighted by molar-refractivity contribution is 5.89. The van der Waals surface area contributed by atoms with E-state index in [0.717, 1.165) is 0 Å². The molecule has 1 aromatic heterocycles. The Balaban J connectivity index is 2.30. The molecule has 1 unspecified atom stereocenters. The molecule has 1 atom stereocenters. The number of esters is 3. The minimum atomic E-state index is -0.821. The van der Waals surface area contributed by atoms with Gasteiger partial charge in [-0.05, 0) is 24.5 Å². The molecule has 0 spiro atoms. The van der Waals surface area contributed by atoms with Gasteiger partial charge in [0.25, 0.3) is 5.91 Å². The van der Waals surface area contributed by atoms with Crippen molar-refractivity contribution in [2.24, 2.45) is 0 Å². The first-order chi connectivity index (χ1) is 11.9. The molecule has 8 nitrogen and oxygen atoms in total. The van der Waals surface area contributed by atoms with Crippen molar-refractivity contribution in [3.63, 3.8) is 0 Å². The first-order valence-corrected chi connectivity index (χ1v) is 7.94. The highest BCUT2D eigenvalue weighted by Crippen LogP contribution is 2.23. The van der Waals surface area contributed by atoms with E-state index in [1.807, 2.05) is 0 Å². The maximum absolute atomic E-state index is 12.6. The van der Waals surface area contributed by atoms with Crippen molar-refractivity contribution in [3.05, 3.63) is 23.0 Å². The molecule has 136 valence electrons. The van der Waals surface area contributed by atoms with Crippen LogP contribution in [0.15, 0.2) is 6.20 Å². The molecule has 0 aromatic carbocycles. The van der Waals surface area contributed by atoms with E-state index in [1.165, 1.54) is 18.8 Å². The third-order valence-electron chi connectivity index (χ3n) is 4.24. The van der Waals surface area contributed by atoms with E-state index in [2.05, 4.69) is 4.74 Å². The molecule has 0 saturated carbocycles. The fourth-order valence-electron chi connectivity index (χ4n) is 2.80. The maximum atomic E-state index is 12.6.